The van der Waals surface area contributed by atoms with Crippen LogP contribution < -0.4 is 10.2 Å². The van der Waals surface area contributed by atoms with Gasteiger partial charge in [-0.3, -0.25) is 14.5 Å². The molecule has 0 fully saturated rings. The first kappa shape index (κ1) is 20.3. The van der Waals surface area contributed by atoms with Crippen LogP contribution in [-0.4, -0.2) is 22.6 Å². The molecule has 1 aliphatic heterocycles. The van der Waals surface area contributed by atoms with Crippen molar-refractivity contribution in [2.75, 3.05) is 10.2 Å². The van der Waals surface area contributed by atoms with Gasteiger partial charge in [0.05, 0.1) is 22.2 Å². The molecule has 1 atom stereocenters. The third kappa shape index (κ3) is 3.73. The van der Waals surface area contributed by atoms with Crippen molar-refractivity contribution in [3.63, 3.8) is 0 Å². The topological polar surface area (TPSA) is 49.4 Å². The zero-order valence-corrected chi connectivity index (χ0v) is 16.3. The fraction of sp³-hybridized carbons (Fsp3) is 0.300. The van der Waals surface area contributed by atoms with Gasteiger partial charge in [0.25, 0.3) is 0 Å². The summed E-state index contributed by atoms with van der Waals surface area (Å²) >= 11 is 1.03. The van der Waals surface area contributed by atoms with Crippen molar-refractivity contribution in [1.82, 2.24) is 0 Å². The van der Waals surface area contributed by atoms with Crippen molar-refractivity contribution in [1.29, 1.82) is 0 Å². The molecule has 28 heavy (non-hydrogen) atoms. The van der Waals surface area contributed by atoms with Crippen LogP contribution in [0.5, 0.6) is 0 Å². The Morgan fingerprint density at radius 2 is 1.82 bits per heavy atom. The quantitative estimate of drug-likeness (QED) is 0.731. The van der Waals surface area contributed by atoms with Crippen LogP contribution in [-0.2, 0) is 15.8 Å². The highest BCUT2D eigenvalue weighted by Crippen LogP contribution is 2.39. The van der Waals surface area contributed by atoms with Crippen LogP contribution in [0.25, 0.3) is 0 Å². The van der Waals surface area contributed by atoms with E-state index in [1.54, 1.807) is 45.0 Å². The fourth-order valence-electron chi connectivity index (χ4n) is 3.03. The van der Waals surface area contributed by atoms with Gasteiger partial charge < -0.3 is 5.32 Å². The number of halogens is 3. The fourth-order valence-corrected chi connectivity index (χ4v) is 4.00. The van der Waals surface area contributed by atoms with Crippen molar-refractivity contribution in [2.45, 2.75) is 42.6 Å². The lowest BCUT2D eigenvalue weighted by Gasteiger charge is -2.43. The first-order valence-corrected chi connectivity index (χ1v) is 9.48. The van der Waals surface area contributed by atoms with Crippen LogP contribution in [0.4, 0.5) is 24.5 Å². The molecular formula is C20H19F3N2O2S. The summed E-state index contributed by atoms with van der Waals surface area (Å²) in [6, 6.07) is 11.8. The van der Waals surface area contributed by atoms with E-state index in [1.165, 1.54) is 17.0 Å². The Morgan fingerprint density at radius 1 is 1.14 bits per heavy atom. The van der Waals surface area contributed by atoms with Crippen molar-refractivity contribution in [2.24, 2.45) is 0 Å². The SMILES string of the molecule is C[C@H](Sc1cccc(C(F)(F)F)c1)C(=O)N1c2ccccc2NC(=O)C1(C)C. The zero-order valence-electron chi connectivity index (χ0n) is 15.5. The molecule has 0 aromatic heterocycles. The van der Waals surface area contributed by atoms with E-state index in [2.05, 4.69) is 5.32 Å². The number of benzene rings is 2. The lowest BCUT2D eigenvalue weighted by molar-refractivity contribution is -0.137. The van der Waals surface area contributed by atoms with E-state index < -0.39 is 22.5 Å². The smallest absolute Gasteiger partial charge is 0.322 e. The van der Waals surface area contributed by atoms with Gasteiger partial charge in [0, 0.05) is 4.90 Å². The molecule has 0 radical (unpaired) electrons. The van der Waals surface area contributed by atoms with Gasteiger partial charge in [-0.2, -0.15) is 13.2 Å². The highest BCUT2D eigenvalue weighted by Gasteiger charge is 2.44. The lowest BCUT2D eigenvalue weighted by Crippen LogP contribution is -2.60. The van der Waals surface area contributed by atoms with E-state index >= 15 is 0 Å². The second kappa shape index (κ2) is 7.16. The van der Waals surface area contributed by atoms with Gasteiger partial charge in [-0.1, -0.05) is 18.2 Å². The van der Waals surface area contributed by atoms with E-state index in [1.807, 2.05) is 0 Å². The molecule has 3 rings (SSSR count). The Morgan fingerprint density at radius 3 is 2.50 bits per heavy atom. The summed E-state index contributed by atoms with van der Waals surface area (Å²) in [5.41, 5.74) is -0.807. The van der Waals surface area contributed by atoms with Gasteiger partial charge in [0.1, 0.15) is 5.54 Å². The first-order chi connectivity index (χ1) is 13.0. The third-order valence-corrected chi connectivity index (χ3v) is 5.63. The predicted octanol–water partition coefficient (Wildman–Crippen LogP) is 4.95. The van der Waals surface area contributed by atoms with Gasteiger partial charge in [-0.25, -0.2) is 0 Å². The molecule has 4 nitrogen and oxygen atoms in total. The van der Waals surface area contributed by atoms with E-state index in [4.69, 9.17) is 0 Å². The lowest BCUT2D eigenvalue weighted by atomic mass is 9.96. The molecule has 8 heteroatoms. The number of nitrogens with zero attached hydrogens (tertiary/aromatic N) is 1. The van der Waals surface area contributed by atoms with Gasteiger partial charge in [-0.15, -0.1) is 11.8 Å². The van der Waals surface area contributed by atoms with Gasteiger partial charge >= 0.3 is 6.18 Å². The molecule has 2 amide bonds. The highest BCUT2D eigenvalue weighted by molar-refractivity contribution is 8.00. The van der Waals surface area contributed by atoms with Crippen LogP contribution in [0.3, 0.4) is 0 Å². The summed E-state index contributed by atoms with van der Waals surface area (Å²) < 4.78 is 38.8. The summed E-state index contributed by atoms with van der Waals surface area (Å²) in [7, 11) is 0. The molecule has 1 aliphatic rings. The number of anilines is 2. The minimum Gasteiger partial charge on any atom is -0.322 e. The van der Waals surface area contributed by atoms with E-state index in [-0.39, 0.29) is 11.8 Å². The van der Waals surface area contributed by atoms with Crippen LogP contribution in [0.15, 0.2) is 53.4 Å². The highest BCUT2D eigenvalue weighted by atomic mass is 32.2. The zero-order chi connectivity index (χ0) is 20.7. The molecule has 148 valence electrons. The first-order valence-electron chi connectivity index (χ1n) is 8.60. The van der Waals surface area contributed by atoms with Crippen LogP contribution in [0.2, 0.25) is 0 Å². The van der Waals surface area contributed by atoms with E-state index in [0.717, 1.165) is 23.9 Å². The number of para-hydroxylation sites is 2. The number of amides is 2. The van der Waals surface area contributed by atoms with Gasteiger partial charge in [-0.05, 0) is 51.1 Å². The Hall–Kier alpha value is -2.48. The number of hydrogen-bond acceptors (Lipinski definition) is 3. The molecule has 1 N–H and O–H groups in total. The Labute approximate surface area is 165 Å². The van der Waals surface area contributed by atoms with Crippen LogP contribution >= 0.6 is 11.8 Å². The molecule has 2 aromatic carbocycles. The van der Waals surface area contributed by atoms with E-state index in [9.17, 15) is 22.8 Å². The predicted molar refractivity (Wildman–Crippen MR) is 103 cm³/mol. The third-order valence-electron chi connectivity index (χ3n) is 4.55. The summed E-state index contributed by atoms with van der Waals surface area (Å²) in [6.45, 7) is 4.90. The van der Waals surface area contributed by atoms with Gasteiger partial charge in [0.2, 0.25) is 11.8 Å². The standard InChI is InChI=1S/C20H19F3N2O2S/c1-12(28-14-8-6-7-13(11-14)20(21,22)23)17(26)25-16-10-5-4-9-15(16)24-18(27)19(25,2)3/h4-12H,1-3H3,(H,24,27)/t12-/m0/s1. The van der Waals surface area contributed by atoms with Crippen LogP contribution in [0.1, 0.15) is 26.3 Å². The number of rotatable bonds is 3. The second-order valence-electron chi connectivity index (χ2n) is 6.99. The van der Waals surface area contributed by atoms with Crippen molar-refractivity contribution in [3.8, 4) is 0 Å². The molecule has 0 aliphatic carbocycles. The van der Waals surface area contributed by atoms with Crippen LogP contribution in [0, 0.1) is 0 Å². The second-order valence-corrected chi connectivity index (χ2v) is 8.40. The summed E-state index contributed by atoms with van der Waals surface area (Å²) in [5.74, 6) is -0.675. The summed E-state index contributed by atoms with van der Waals surface area (Å²) in [6.07, 6.45) is -4.45. The molecule has 0 bridgehead atoms. The molecule has 2 aromatic rings. The summed E-state index contributed by atoms with van der Waals surface area (Å²) in [5, 5.41) is 2.09. The van der Waals surface area contributed by atoms with Crippen molar-refractivity contribution in [3.05, 3.63) is 54.1 Å². The molecule has 0 saturated carbocycles. The number of nitrogens with one attached hydrogen (secondary N) is 1. The number of fused-ring (bicyclic) bond motifs is 1. The normalized spacial score (nSPS) is 16.9. The average Bonchev–Trinajstić information content (AvgIpc) is 2.61. The molecule has 1 heterocycles. The van der Waals surface area contributed by atoms with Crippen molar-refractivity contribution < 1.29 is 22.8 Å². The number of hydrogen-bond donors (Lipinski definition) is 1. The Kier molecular flexibility index (Phi) is 5.18. The number of alkyl halides is 3. The Bertz CT molecular complexity index is 928. The van der Waals surface area contributed by atoms with Gasteiger partial charge in [0.15, 0.2) is 0 Å². The Balaban J connectivity index is 1.90. The maximum Gasteiger partial charge on any atom is 0.416 e. The minimum absolute atomic E-state index is 0.323. The minimum atomic E-state index is -4.45. The maximum absolute atomic E-state index is 13.2. The van der Waals surface area contributed by atoms with Crippen molar-refractivity contribution >= 4 is 35.0 Å². The summed E-state index contributed by atoms with van der Waals surface area (Å²) in [4.78, 5) is 27.5. The largest absolute Gasteiger partial charge is 0.416 e. The number of thioether (sulfide) groups is 1. The average molecular weight is 408 g/mol. The molecule has 0 spiro atoms. The molecule has 0 saturated heterocycles. The number of carbonyl (C=O) groups is 2. The maximum atomic E-state index is 13.2. The monoisotopic (exact) mass is 408 g/mol. The van der Waals surface area contributed by atoms with E-state index in [0.29, 0.717) is 16.3 Å². The number of carbonyl (C=O) groups excluding carboxylic acids is 2. The molecule has 0 unspecified atom stereocenters. The molecular weight excluding hydrogens is 389 g/mol.